The fourth-order valence-corrected chi connectivity index (χ4v) is 8.12. The Balaban J connectivity index is 1.68. The Morgan fingerprint density at radius 2 is 0.939 bits per heavy atom. The first-order valence-corrected chi connectivity index (χ1v) is 26.1. The van der Waals surface area contributed by atoms with Gasteiger partial charge in [-0.05, 0) is 51.4 Å². The van der Waals surface area contributed by atoms with Gasteiger partial charge in [0.1, 0.15) is 54.9 Å². The maximum absolute atomic E-state index is 12.9. The second-order valence-electron chi connectivity index (χ2n) is 18.3. The van der Waals surface area contributed by atoms with Crippen molar-refractivity contribution in [3.8, 4) is 0 Å². The van der Waals surface area contributed by atoms with Crippen LogP contribution in [0, 0.1) is 0 Å². The van der Waals surface area contributed by atoms with Gasteiger partial charge >= 0.3 is 5.97 Å². The molecule has 66 heavy (non-hydrogen) atoms. The Morgan fingerprint density at radius 3 is 1.47 bits per heavy atom. The molecular weight excluding hydrogens is 849 g/mol. The van der Waals surface area contributed by atoms with Crippen molar-refractivity contribution in [1.29, 1.82) is 0 Å². The van der Waals surface area contributed by atoms with Gasteiger partial charge < -0.3 is 64.2 Å². The minimum absolute atomic E-state index is 0.0592. The van der Waals surface area contributed by atoms with E-state index in [0.29, 0.717) is 13.0 Å². The molecule has 2 aliphatic rings. The predicted octanol–water partition coefficient (Wildman–Crippen LogP) is 7.80. The molecule has 0 spiro atoms. The number of hydrogen-bond donors (Lipinski definition) is 7. The van der Waals surface area contributed by atoms with Crippen LogP contribution in [0.25, 0.3) is 0 Å². The van der Waals surface area contributed by atoms with E-state index in [9.17, 15) is 40.5 Å². The van der Waals surface area contributed by atoms with Crippen LogP contribution < -0.4 is 0 Å². The Labute approximate surface area is 398 Å². The van der Waals surface area contributed by atoms with Crippen molar-refractivity contribution in [1.82, 2.24) is 0 Å². The summed E-state index contributed by atoms with van der Waals surface area (Å²) < 4.78 is 34.2. The van der Waals surface area contributed by atoms with E-state index in [1.54, 1.807) is 0 Å². The molecule has 2 saturated heterocycles. The van der Waals surface area contributed by atoms with Crippen molar-refractivity contribution < 1.29 is 69.0 Å². The molecule has 11 unspecified atom stereocenters. The molecule has 0 bridgehead atoms. The van der Waals surface area contributed by atoms with Crippen molar-refractivity contribution in [3.05, 3.63) is 36.5 Å². The van der Waals surface area contributed by atoms with E-state index in [4.69, 9.17) is 28.4 Å². The van der Waals surface area contributed by atoms with Crippen molar-refractivity contribution in [3.63, 3.8) is 0 Å². The van der Waals surface area contributed by atoms with E-state index < -0.39 is 80.7 Å². The fraction of sp³-hybridized carbons (Fsp3) is 0.865. The van der Waals surface area contributed by atoms with Gasteiger partial charge in [0, 0.05) is 13.0 Å². The Morgan fingerprint density at radius 1 is 0.500 bits per heavy atom. The minimum atomic E-state index is -1.70. The first kappa shape index (κ1) is 60.3. The molecule has 0 amide bonds. The molecule has 2 fully saturated rings. The molecule has 2 heterocycles. The summed E-state index contributed by atoms with van der Waals surface area (Å²) in [6, 6.07) is 0. The lowest BCUT2D eigenvalue weighted by molar-refractivity contribution is -0.332. The highest BCUT2D eigenvalue weighted by Gasteiger charge is 2.47. The summed E-state index contributed by atoms with van der Waals surface area (Å²) >= 11 is 0. The molecule has 0 aromatic heterocycles. The summed E-state index contributed by atoms with van der Waals surface area (Å²) in [5, 5.41) is 72.0. The van der Waals surface area contributed by atoms with E-state index in [1.807, 2.05) is 0 Å². The predicted molar refractivity (Wildman–Crippen MR) is 256 cm³/mol. The summed E-state index contributed by atoms with van der Waals surface area (Å²) in [6.45, 7) is 3.63. The van der Waals surface area contributed by atoms with Crippen LogP contribution in [0.3, 0.4) is 0 Å². The second kappa shape index (κ2) is 40.0. The van der Waals surface area contributed by atoms with E-state index >= 15 is 0 Å². The van der Waals surface area contributed by atoms with Crippen LogP contribution in [0.1, 0.15) is 187 Å². The highest BCUT2D eigenvalue weighted by molar-refractivity contribution is 5.69. The number of allylic oxidation sites excluding steroid dienone is 6. The molecule has 7 N–H and O–H groups in total. The maximum atomic E-state index is 12.9. The van der Waals surface area contributed by atoms with Gasteiger partial charge in [0.25, 0.3) is 0 Å². The third kappa shape index (κ3) is 27.4. The van der Waals surface area contributed by atoms with Crippen LogP contribution in [0.15, 0.2) is 36.5 Å². The maximum Gasteiger partial charge on any atom is 0.306 e. The molecule has 0 aliphatic carbocycles. The van der Waals surface area contributed by atoms with Gasteiger partial charge in [0.15, 0.2) is 12.6 Å². The molecule has 14 heteroatoms. The summed E-state index contributed by atoms with van der Waals surface area (Å²) in [5.41, 5.74) is 0. The van der Waals surface area contributed by atoms with Gasteiger partial charge in [0.2, 0.25) is 0 Å². The number of aliphatic hydroxyl groups excluding tert-OH is 7. The number of esters is 1. The van der Waals surface area contributed by atoms with Crippen LogP contribution in [0.2, 0.25) is 0 Å². The summed E-state index contributed by atoms with van der Waals surface area (Å²) in [4.78, 5) is 12.9. The minimum Gasteiger partial charge on any atom is -0.457 e. The molecule has 0 saturated carbocycles. The zero-order valence-electron chi connectivity index (χ0n) is 40.9. The monoisotopic (exact) mass is 943 g/mol. The number of hydrogen-bond acceptors (Lipinski definition) is 14. The normalized spacial score (nSPS) is 26.6. The van der Waals surface area contributed by atoms with Gasteiger partial charge in [-0.2, -0.15) is 0 Å². The van der Waals surface area contributed by atoms with Crippen molar-refractivity contribution in [2.75, 3.05) is 33.0 Å². The topological polar surface area (TPSA) is 214 Å². The quantitative estimate of drug-likeness (QED) is 0.0177. The molecule has 2 aliphatic heterocycles. The van der Waals surface area contributed by atoms with Gasteiger partial charge in [-0.3, -0.25) is 4.79 Å². The second-order valence-corrected chi connectivity index (χ2v) is 18.3. The van der Waals surface area contributed by atoms with Crippen molar-refractivity contribution in [2.45, 2.75) is 255 Å². The third-order valence-electron chi connectivity index (χ3n) is 12.4. The van der Waals surface area contributed by atoms with E-state index in [-0.39, 0.29) is 25.6 Å². The number of ether oxygens (including phenoxy) is 6. The Kier molecular flexibility index (Phi) is 36.6. The average molecular weight is 943 g/mol. The number of carbonyl (C=O) groups excluding carboxylic acids is 1. The fourth-order valence-electron chi connectivity index (χ4n) is 8.12. The number of unbranched alkanes of at least 4 members (excludes halogenated alkanes) is 21. The van der Waals surface area contributed by atoms with Crippen LogP contribution >= 0.6 is 0 Å². The standard InChI is InChI=1S/C52H94O14/c1-3-5-7-9-11-13-14-15-16-17-18-19-20-21-22-23-24-25-26-27-28-30-32-34-36-61-38-41(64-44(54)35-33-31-29-12-10-8-6-4-2)39-62-51-50(60)48(58)46(56)43(66-51)40-63-52-49(59)47(57)45(55)42(37-53)65-52/h14-15,17-18,20-21,41-43,45-53,55-60H,3-13,16,19,22-40H2,1-2H3/b15-14-,18-17-,21-20-. The van der Waals surface area contributed by atoms with E-state index in [1.165, 1.54) is 103 Å². The highest BCUT2D eigenvalue weighted by Crippen LogP contribution is 2.26. The van der Waals surface area contributed by atoms with Crippen molar-refractivity contribution in [2.24, 2.45) is 0 Å². The summed E-state index contributed by atoms with van der Waals surface area (Å²) in [6.07, 6.45) is 28.0. The molecule has 0 aromatic rings. The first-order valence-electron chi connectivity index (χ1n) is 26.1. The van der Waals surface area contributed by atoms with Crippen molar-refractivity contribution >= 4 is 5.97 Å². The van der Waals surface area contributed by atoms with Crippen LogP contribution in [0.5, 0.6) is 0 Å². The largest absolute Gasteiger partial charge is 0.457 e. The molecule has 2 rings (SSSR count). The van der Waals surface area contributed by atoms with Gasteiger partial charge in [-0.15, -0.1) is 0 Å². The van der Waals surface area contributed by atoms with Crippen LogP contribution in [-0.4, -0.2) is 142 Å². The lowest BCUT2D eigenvalue weighted by Crippen LogP contribution is -2.61. The molecule has 0 radical (unpaired) electrons. The Bertz CT molecular complexity index is 1230. The van der Waals surface area contributed by atoms with E-state index in [0.717, 1.165) is 57.8 Å². The molecular formula is C52H94O14. The first-order chi connectivity index (χ1) is 32.1. The zero-order valence-corrected chi connectivity index (χ0v) is 40.9. The molecule has 11 atom stereocenters. The van der Waals surface area contributed by atoms with Crippen LogP contribution in [0.4, 0.5) is 0 Å². The number of carbonyl (C=O) groups is 1. The van der Waals surface area contributed by atoms with Gasteiger partial charge in [0.05, 0.1) is 26.4 Å². The summed E-state index contributed by atoms with van der Waals surface area (Å²) in [7, 11) is 0. The third-order valence-corrected chi connectivity index (χ3v) is 12.4. The lowest BCUT2D eigenvalue weighted by atomic mass is 9.98. The molecule has 14 nitrogen and oxygen atoms in total. The summed E-state index contributed by atoms with van der Waals surface area (Å²) in [5.74, 6) is -0.383. The molecule has 386 valence electrons. The Hall–Kier alpha value is -1.79. The SMILES string of the molecule is CCCCCCC/C=C\C/C=C\C/C=C\CCCCCCCCCCCOCC(COC1OC(COC2OC(CO)C(O)C(O)C2O)C(O)C(O)C1O)OC(=O)CCCCCCCCCC. The smallest absolute Gasteiger partial charge is 0.306 e. The van der Waals surface area contributed by atoms with Gasteiger partial charge in [-0.1, -0.05) is 166 Å². The van der Waals surface area contributed by atoms with Gasteiger partial charge in [-0.25, -0.2) is 0 Å². The van der Waals surface area contributed by atoms with Crippen LogP contribution in [-0.2, 0) is 33.2 Å². The average Bonchev–Trinajstić information content (AvgIpc) is 3.31. The highest BCUT2D eigenvalue weighted by atomic mass is 16.7. The number of rotatable bonds is 41. The molecule has 0 aromatic carbocycles. The number of aliphatic hydroxyl groups is 7. The zero-order chi connectivity index (χ0) is 48.0. The van der Waals surface area contributed by atoms with E-state index in [2.05, 4.69) is 50.3 Å². The lowest BCUT2D eigenvalue weighted by Gasteiger charge is -2.42.